The van der Waals surface area contributed by atoms with Gasteiger partial charge >= 0.3 is 0 Å². The lowest BCUT2D eigenvalue weighted by atomic mass is 9.64. The van der Waals surface area contributed by atoms with Gasteiger partial charge in [-0.2, -0.15) is 0 Å². The summed E-state index contributed by atoms with van der Waals surface area (Å²) in [6.07, 6.45) is 6.09. The Balaban J connectivity index is 1.96. The van der Waals surface area contributed by atoms with Gasteiger partial charge in [0, 0.05) is 18.5 Å². The van der Waals surface area contributed by atoms with E-state index in [1.807, 2.05) is 0 Å². The summed E-state index contributed by atoms with van der Waals surface area (Å²) in [6, 6.07) is 8.91. The molecule has 1 aliphatic heterocycles. The summed E-state index contributed by atoms with van der Waals surface area (Å²) in [5.41, 5.74) is 6.96. The zero-order chi connectivity index (χ0) is 15.9. The van der Waals surface area contributed by atoms with Crippen molar-refractivity contribution in [1.82, 2.24) is 4.90 Å². The summed E-state index contributed by atoms with van der Waals surface area (Å²) in [5.74, 6) is 0.687. The summed E-state index contributed by atoms with van der Waals surface area (Å²) in [6.45, 7) is 13.1. The third kappa shape index (κ3) is 2.59. The molecule has 3 rings (SSSR count). The monoisotopic (exact) mass is 293 g/mol. The van der Waals surface area contributed by atoms with Crippen molar-refractivity contribution in [2.75, 3.05) is 20.1 Å². The van der Waals surface area contributed by atoms with E-state index in [4.69, 9.17) is 0 Å². The Hall–Kier alpha value is -1.60. The number of hydrogen-bond acceptors (Lipinski definition) is 1. The van der Waals surface area contributed by atoms with Crippen LogP contribution in [0.15, 0.2) is 48.6 Å². The van der Waals surface area contributed by atoms with Crippen molar-refractivity contribution in [3.63, 3.8) is 0 Å². The van der Waals surface area contributed by atoms with Gasteiger partial charge in [0.2, 0.25) is 0 Å². The SMILES string of the molecule is C=C(C)c1ccc(C2=CCC3CN(C)CC=C3C2(C)C)cc1. The largest absolute Gasteiger partial charge is 0.302 e. The predicted octanol–water partition coefficient (Wildman–Crippen LogP) is 5.02. The highest BCUT2D eigenvalue weighted by Gasteiger charge is 2.38. The molecule has 0 N–H and O–H groups in total. The molecular weight excluding hydrogens is 266 g/mol. The van der Waals surface area contributed by atoms with E-state index in [0.29, 0.717) is 5.92 Å². The molecule has 1 atom stereocenters. The highest BCUT2D eigenvalue weighted by Crippen LogP contribution is 2.49. The zero-order valence-electron chi connectivity index (χ0n) is 14.3. The number of allylic oxidation sites excluding steroid dienone is 3. The number of hydrogen-bond donors (Lipinski definition) is 0. The van der Waals surface area contributed by atoms with Gasteiger partial charge in [-0.3, -0.25) is 0 Å². The topological polar surface area (TPSA) is 3.24 Å². The maximum atomic E-state index is 4.03. The summed E-state index contributed by atoms with van der Waals surface area (Å²) in [7, 11) is 2.22. The molecule has 0 saturated heterocycles. The molecule has 1 heterocycles. The molecule has 1 unspecified atom stereocenters. The lowest BCUT2D eigenvalue weighted by Gasteiger charge is -2.43. The molecule has 0 saturated carbocycles. The number of nitrogens with zero attached hydrogens (tertiary/aromatic N) is 1. The molecule has 1 aliphatic carbocycles. The minimum absolute atomic E-state index is 0.134. The maximum absolute atomic E-state index is 4.03. The lowest BCUT2D eigenvalue weighted by Crippen LogP contribution is -2.38. The fourth-order valence-corrected chi connectivity index (χ4v) is 4.02. The van der Waals surface area contributed by atoms with Crippen LogP contribution in [0.1, 0.15) is 38.3 Å². The van der Waals surface area contributed by atoms with E-state index in [1.165, 1.54) is 23.2 Å². The van der Waals surface area contributed by atoms with Crippen molar-refractivity contribution >= 4 is 11.1 Å². The van der Waals surface area contributed by atoms with Crippen molar-refractivity contribution in [1.29, 1.82) is 0 Å². The maximum Gasteiger partial charge on any atom is 0.0163 e. The first-order valence-electron chi connectivity index (χ1n) is 8.25. The predicted molar refractivity (Wildman–Crippen MR) is 96.6 cm³/mol. The molecule has 2 aliphatic rings. The molecule has 116 valence electrons. The molecule has 1 heteroatoms. The van der Waals surface area contributed by atoms with Gasteiger partial charge in [0.25, 0.3) is 0 Å². The van der Waals surface area contributed by atoms with E-state index in [9.17, 15) is 0 Å². The number of rotatable bonds is 2. The Morgan fingerprint density at radius 3 is 2.50 bits per heavy atom. The van der Waals surface area contributed by atoms with E-state index in [0.717, 1.165) is 18.5 Å². The smallest absolute Gasteiger partial charge is 0.0163 e. The van der Waals surface area contributed by atoms with E-state index >= 15 is 0 Å². The van der Waals surface area contributed by atoms with Crippen LogP contribution in [0.2, 0.25) is 0 Å². The quantitative estimate of drug-likeness (QED) is 0.692. The van der Waals surface area contributed by atoms with Gasteiger partial charge in [0.1, 0.15) is 0 Å². The van der Waals surface area contributed by atoms with Crippen molar-refractivity contribution in [3.05, 3.63) is 59.7 Å². The molecule has 0 aromatic heterocycles. The molecular formula is C21H27N. The summed E-state index contributed by atoms with van der Waals surface area (Å²) >= 11 is 0. The van der Waals surface area contributed by atoms with Gasteiger partial charge in [-0.05, 0) is 43.0 Å². The van der Waals surface area contributed by atoms with Gasteiger partial charge < -0.3 is 4.90 Å². The first kappa shape index (κ1) is 15.3. The lowest BCUT2D eigenvalue weighted by molar-refractivity contribution is 0.275. The normalized spacial score (nSPS) is 24.3. The van der Waals surface area contributed by atoms with Crippen LogP contribution in [-0.4, -0.2) is 25.0 Å². The molecule has 1 aromatic carbocycles. The Kier molecular flexibility index (Phi) is 3.86. The second-order valence-corrected chi connectivity index (χ2v) is 7.41. The van der Waals surface area contributed by atoms with E-state index in [1.54, 1.807) is 5.57 Å². The van der Waals surface area contributed by atoms with Gasteiger partial charge in [-0.25, -0.2) is 0 Å². The highest BCUT2D eigenvalue weighted by molar-refractivity contribution is 5.75. The van der Waals surface area contributed by atoms with E-state index in [2.05, 4.69) is 75.7 Å². The minimum Gasteiger partial charge on any atom is -0.302 e. The van der Waals surface area contributed by atoms with Crippen LogP contribution in [0.5, 0.6) is 0 Å². The third-order valence-corrected chi connectivity index (χ3v) is 5.28. The molecule has 0 amide bonds. The first-order chi connectivity index (χ1) is 10.4. The van der Waals surface area contributed by atoms with E-state index < -0.39 is 0 Å². The Labute approximate surface area is 135 Å². The van der Waals surface area contributed by atoms with Crippen LogP contribution in [0.25, 0.3) is 11.1 Å². The number of likely N-dealkylation sites (N-methyl/N-ethyl adjacent to an activating group) is 1. The third-order valence-electron chi connectivity index (χ3n) is 5.28. The average Bonchev–Trinajstić information content (AvgIpc) is 2.47. The fraction of sp³-hybridized carbons (Fsp3) is 0.429. The Morgan fingerprint density at radius 2 is 1.86 bits per heavy atom. The second-order valence-electron chi connectivity index (χ2n) is 7.41. The molecule has 0 bridgehead atoms. The summed E-state index contributed by atoms with van der Waals surface area (Å²) in [4.78, 5) is 2.42. The fourth-order valence-electron chi connectivity index (χ4n) is 4.02. The van der Waals surface area contributed by atoms with Crippen molar-refractivity contribution < 1.29 is 0 Å². The van der Waals surface area contributed by atoms with Crippen LogP contribution in [0.3, 0.4) is 0 Å². The van der Waals surface area contributed by atoms with Gasteiger partial charge in [0.05, 0.1) is 0 Å². The molecule has 0 fully saturated rings. The van der Waals surface area contributed by atoms with Gasteiger partial charge in [-0.15, -0.1) is 0 Å². The zero-order valence-corrected chi connectivity index (χ0v) is 14.3. The molecule has 0 radical (unpaired) electrons. The van der Waals surface area contributed by atoms with Crippen molar-refractivity contribution in [2.24, 2.45) is 11.3 Å². The van der Waals surface area contributed by atoms with Crippen LogP contribution >= 0.6 is 0 Å². The molecule has 1 nitrogen and oxygen atoms in total. The standard InChI is InChI=1S/C21H27N/c1-15(2)16-6-8-17(9-7-16)19-11-10-18-14-22(5)13-12-20(18)21(19,3)4/h6-9,11-12,18H,1,10,13-14H2,2-5H3. The minimum atomic E-state index is 0.134. The highest BCUT2D eigenvalue weighted by atomic mass is 15.1. The summed E-state index contributed by atoms with van der Waals surface area (Å²) < 4.78 is 0. The Morgan fingerprint density at radius 1 is 1.18 bits per heavy atom. The molecule has 22 heavy (non-hydrogen) atoms. The number of benzene rings is 1. The van der Waals surface area contributed by atoms with Gasteiger partial charge in [-0.1, -0.05) is 68.0 Å². The van der Waals surface area contributed by atoms with Gasteiger partial charge in [0.15, 0.2) is 0 Å². The Bertz CT molecular complexity index is 643. The van der Waals surface area contributed by atoms with Crippen LogP contribution in [0, 0.1) is 11.3 Å². The number of fused-ring (bicyclic) bond motifs is 1. The van der Waals surface area contributed by atoms with E-state index in [-0.39, 0.29) is 5.41 Å². The molecule has 1 aromatic rings. The van der Waals surface area contributed by atoms with Crippen LogP contribution in [-0.2, 0) is 0 Å². The first-order valence-corrected chi connectivity index (χ1v) is 8.25. The van der Waals surface area contributed by atoms with Crippen LogP contribution < -0.4 is 0 Å². The average molecular weight is 293 g/mol. The second kappa shape index (κ2) is 5.55. The van der Waals surface area contributed by atoms with Crippen LogP contribution in [0.4, 0.5) is 0 Å². The van der Waals surface area contributed by atoms with Crippen molar-refractivity contribution in [3.8, 4) is 0 Å². The van der Waals surface area contributed by atoms with Crippen molar-refractivity contribution in [2.45, 2.75) is 27.2 Å². The molecule has 0 spiro atoms. The summed E-state index contributed by atoms with van der Waals surface area (Å²) in [5, 5.41) is 0.